The average molecular weight is 238 g/mol. The number of nitrogens with zero attached hydrogens (tertiary/aromatic N) is 1. The molecule has 3 rings (SSSR count). The Morgan fingerprint density at radius 3 is 2.44 bits per heavy atom. The molecule has 0 unspecified atom stereocenters. The number of rotatable bonds is 5. The van der Waals surface area contributed by atoms with Crippen LogP contribution in [0.1, 0.15) is 29.5 Å². The van der Waals surface area contributed by atoms with Gasteiger partial charge in [-0.25, -0.2) is 0 Å². The van der Waals surface area contributed by atoms with Crippen LogP contribution in [0.25, 0.3) is 0 Å². The van der Waals surface area contributed by atoms with Gasteiger partial charge in [0.2, 0.25) is 0 Å². The monoisotopic (exact) mass is 238 g/mol. The van der Waals surface area contributed by atoms with E-state index in [1.807, 2.05) is 18.5 Å². The second-order valence-corrected chi connectivity index (χ2v) is 5.01. The number of aromatic nitrogens is 1. The fraction of sp³-hybridized carbons (Fsp3) is 0.312. The third-order valence-corrected chi connectivity index (χ3v) is 3.33. The van der Waals surface area contributed by atoms with Gasteiger partial charge in [0.25, 0.3) is 0 Å². The lowest BCUT2D eigenvalue weighted by Crippen LogP contribution is -2.15. The summed E-state index contributed by atoms with van der Waals surface area (Å²) in [5, 5.41) is 3.53. The van der Waals surface area contributed by atoms with E-state index in [9.17, 15) is 0 Å². The van der Waals surface area contributed by atoms with Crippen molar-refractivity contribution in [1.29, 1.82) is 0 Å². The summed E-state index contributed by atoms with van der Waals surface area (Å²) in [4.78, 5) is 4.14. The Morgan fingerprint density at radius 1 is 1.00 bits per heavy atom. The highest BCUT2D eigenvalue weighted by atomic mass is 14.9. The maximum absolute atomic E-state index is 4.14. The van der Waals surface area contributed by atoms with Crippen LogP contribution in [0.4, 0.5) is 0 Å². The van der Waals surface area contributed by atoms with Crippen molar-refractivity contribution in [1.82, 2.24) is 10.3 Å². The van der Waals surface area contributed by atoms with Gasteiger partial charge in [0.1, 0.15) is 0 Å². The largest absolute Gasteiger partial charge is 0.310 e. The highest BCUT2D eigenvalue weighted by molar-refractivity contribution is 5.27. The van der Waals surface area contributed by atoms with E-state index in [1.54, 1.807) is 0 Å². The molecule has 0 amide bonds. The quantitative estimate of drug-likeness (QED) is 0.866. The summed E-state index contributed by atoms with van der Waals surface area (Å²) >= 11 is 0. The zero-order chi connectivity index (χ0) is 12.2. The van der Waals surface area contributed by atoms with E-state index in [0.717, 1.165) is 19.0 Å². The molecule has 1 heterocycles. The first-order valence-corrected chi connectivity index (χ1v) is 6.60. The van der Waals surface area contributed by atoms with Crippen molar-refractivity contribution in [3.63, 3.8) is 0 Å². The Kier molecular flexibility index (Phi) is 3.37. The molecular formula is C16H18N2. The first kappa shape index (κ1) is 11.4. The highest BCUT2D eigenvalue weighted by Gasteiger charge is 2.19. The molecule has 1 N–H and O–H groups in total. The van der Waals surface area contributed by atoms with E-state index in [2.05, 4.69) is 40.6 Å². The predicted molar refractivity (Wildman–Crippen MR) is 73.3 cm³/mol. The Hall–Kier alpha value is -1.67. The normalized spacial score (nSPS) is 14.7. The number of nitrogens with one attached hydrogen (secondary N) is 1. The van der Waals surface area contributed by atoms with Crippen LogP contribution in [0.3, 0.4) is 0 Å². The van der Waals surface area contributed by atoms with Crippen LogP contribution in [-0.4, -0.2) is 11.0 Å². The molecule has 1 aromatic heterocycles. The molecule has 0 aliphatic heterocycles. The van der Waals surface area contributed by atoms with Gasteiger partial charge < -0.3 is 5.32 Å². The molecule has 0 radical (unpaired) electrons. The molecule has 2 heteroatoms. The van der Waals surface area contributed by atoms with Crippen molar-refractivity contribution in [2.24, 2.45) is 0 Å². The van der Waals surface area contributed by atoms with Crippen LogP contribution in [0.2, 0.25) is 0 Å². The van der Waals surface area contributed by atoms with Crippen LogP contribution in [0.15, 0.2) is 48.8 Å². The van der Waals surface area contributed by atoms with Crippen LogP contribution in [-0.2, 0) is 13.0 Å². The van der Waals surface area contributed by atoms with E-state index in [0.29, 0.717) is 0 Å². The topological polar surface area (TPSA) is 24.9 Å². The number of hydrogen-bond donors (Lipinski definition) is 1. The van der Waals surface area contributed by atoms with Gasteiger partial charge in [-0.05, 0) is 42.0 Å². The summed E-state index contributed by atoms with van der Waals surface area (Å²) in [6.45, 7) is 0.998. The molecule has 0 saturated heterocycles. The van der Waals surface area contributed by atoms with Crippen molar-refractivity contribution in [3.05, 3.63) is 65.5 Å². The Balaban J connectivity index is 1.59. The lowest BCUT2D eigenvalue weighted by Gasteiger charge is -2.05. The number of hydrogen-bond acceptors (Lipinski definition) is 2. The Morgan fingerprint density at radius 2 is 1.78 bits per heavy atom. The Bertz CT molecular complexity index is 486. The van der Waals surface area contributed by atoms with Crippen LogP contribution in [0.5, 0.6) is 0 Å². The first-order chi connectivity index (χ1) is 8.90. The molecule has 0 bridgehead atoms. The minimum atomic E-state index is 0.778. The first-order valence-electron chi connectivity index (χ1n) is 6.60. The molecular weight excluding hydrogens is 220 g/mol. The Labute approximate surface area is 108 Å². The predicted octanol–water partition coefficient (Wildman–Crippen LogP) is 2.92. The maximum atomic E-state index is 4.14. The zero-order valence-corrected chi connectivity index (χ0v) is 10.5. The molecule has 1 saturated carbocycles. The van der Waals surface area contributed by atoms with Crippen LogP contribution < -0.4 is 5.32 Å². The number of benzene rings is 1. The lowest BCUT2D eigenvalue weighted by atomic mass is 10.0. The molecule has 0 atom stereocenters. The van der Waals surface area contributed by atoms with Gasteiger partial charge >= 0.3 is 0 Å². The molecule has 1 aromatic carbocycles. The summed E-state index contributed by atoms with van der Waals surface area (Å²) in [7, 11) is 0. The maximum Gasteiger partial charge on any atom is 0.0303 e. The zero-order valence-electron chi connectivity index (χ0n) is 10.5. The van der Waals surface area contributed by atoms with Crippen molar-refractivity contribution in [2.75, 3.05) is 0 Å². The van der Waals surface area contributed by atoms with Gasteiger partial charge in [0.15, 0.2) is 0 Å². The smallest absolute Gasteiger partial charge is 0.0303 e. The van der Waals surface area contributed by atoms with E-state index in [4.69, 9.17) is 0 Å². The van der Waals surface area contributed by atoms with Crippen LogP contribution in [0, 0.1) is 0 Å². The van der Waals surface area contributed by atoms with Gasteiger partial charge in [-0.3, -0.25) is 4.98 Å². The standard InChI is InChI=1S/C16H18N2/c1-2-15(11-17-9-1)10-13-3-5-14(6-4-13)12-18-16-7-8-16/h1-6,9,11,16,18H,7-8,10,12H2. The molecule has 18 heavy (non-hydrogen) atoms. The van der Waals surface area contributed by atoms with E-state index < -0.39 is 0 Å². The SMILES string of the molecule is c1cncc(Cc2ccc(CNC3CC3)cc2)c1. The second-order valence-electron chi connectivity index (χ2n) is 5.01. The highest BCUT2D eigenvalue weighted by Crippen LogP contribution is 2.19. The third-order valence-electron chi connectivity index (χ3n) is 3.33. The summed E-state index contributed by atoms with van der Waals surface area (Å²) in [5.41, 5.74) is 3.98. The van der Waals surface area contributed by atoms with E-state index in [-0.39, 0.29) is 0 Å². The molecule has 0 spiro atoms. The second kappa shape index (κ2) is 5.32. The third kappa shape index (κ3) is 3.17. The molecule has 2 nitrogen and oxygen atoms in total. The fourth-order valence-corrected chi connectivity index (χ4v) is 2.06. The molecule has 2 aromatic rings. The molecule has 1 aliphatic carbocycles. The average Bonchev–Trinajstić information content (AvgIpc) is 3.23. The van der Waals surface area contributed by atoms with Crippen molar-refractivity contribution in [2.45, 2.75) is 31.8 Å². The minimum absolute atomic E-state index is 0.778. The van der Waals surface area contributed by atoms with Crippen LogP contribution >= 0.6 is 0 Å². The van der Waals surface area contributed by atoms with Crippen molar-refractivity contribution >= 4 is 0 Å². The van der Waals surface area contributed by atoms with Gasteiger partial charge in [-0.2, -0.15) is 0 Å². The molecule has 1 fully saturated rings. The summed E-state index contributed by atoms with van der Waals surface area (Å²) < 4.78 is 0. The van der Waals surface area contributed by atoms with E-state index >= 15 is 0 Å². The van der Waals surface area contributed by atoms with Gasteiger partial charge in [0, 0.05) is 25.0 Å². The fourth-order valence-electron chi connectivity index (χ4n) is 2.06. The van der Waals surface area contributed by atoms with Crippen molar-refractivity contribution in [3.8, 4) is 0 Å². The van der Waals surface area contributed by atoms with Gasteiger partial charge in [0.05, 0.1) is 0 Å². The summed E-state index contributed by atoms with van der Waals surface area (Å²) in [5.74, 6) is 0. The summed E-state index contributed by atoms with van der Waals surface area (Å²) in [6.07, 6.45) is 7.40. The number of pyridine rings is 1. The minimum Gasteiger partial charge on any atom is -0.310 e. The molecule has 1 aliphatic rings. The van der Waals surface area contributed by atoms with Gasteiger partial charge in [-0.1, -0.05) is 30.3 Å². The lowest BCUT2D eigenvalue weighted by molar-refractivity contribution is 0.687. The van der Waals surface area contributed by atoms with Gasteiger partial charge in [-0.15, -0.1) is 0 Å². The molecule has 92 valence electrons. The van der Waals surface area contributed by atoms with E-state index in [1.165, 1.54) is 29.5 Å². The summed E-state index contributed by atoms with van der Waals surface area (Å²) in [6, 6.07) is 13.8. The van der Waals surface area contributed by atoms with Crippen molar-refractivity contribution < 1.29 is 0 Å².